The molecule has 2 N–H and O–H groups in total. The first-order valence-corrected chi connectivity index (χ1v) is 8.43. The number of nitrogens with one attached hydrogen (secondary N) is 1. The lowest BCUT2D eigenvalue weighted by Crippen LogP contribution is -2.31. The summed E-state index contributed by atoms with van der Waals surface area (Å²) in [5, 5.41) is 10.6. The van der Waals surface area contributed by atoms with Crippen LogP contribution >= 0.6 is 0 Å². The normalized spacial score (nSPS) is 11.0. The largest absolute Gasteiger partial charge is 0.493 e. The predicted molar refractivity (Wildman–Crippen MR) is 104 cm³/mol. The van der Waals surface area contributed by atoms with Crippen LogP contribution in [0, 0.1) is 6.92 Å². The molecule has 0 atom stereocenters. The second kappa shape index (κ2) is 7.74. The maximum Gasteiger partial charge on any atom is 0.335 e. The number of H-pyrrole nitrogens is 1. The van der Waals surface area contributed by atoms with E-state index in [2.05, 4.69) is 9.98 Å². The van der Waals surface area contributed by atoms with E-state index in [9.17, 15) is 14.7 Å². The van der Waals surface area contributed by atoms with Crippen LogP contribution in [0.15, 0.2) is 63.1 Å². The minimum atomic E-state index is -0.723. The van der Waals surface area contributed by atoms with Gasteiger partial charge in [0.05, 0.1) is 12.3 Å². The highest BCUT2D eigenvalue weighted by molar-refractivity contribution is 5.85. The van der Waals surface area contributed by atoms with Gasteiger partial charge in [0.2, 0.25) is 5.88 Å². The van der Waals surface area contributed by atoms with E-state index in [0.29, 0.717) is 23.7 Å². The van der Waals surface area contributed by atoms with Crippen molar-refractivity contribution in [1.82, 2.24) is 9.55 Å². The van der Waals surface area contributed by atoms with Crippen LogP contribution in [0.5, 0.6) is 11.6 Å². The van der Waals surface area contributed by atoms with Crippen molar-refractivity contribution in [3.8, 4) is 17.3 Å². The summed E-state index contributed by atoms with van der Waals surface area (Å²) < 4.78 is 6.54. The van der Waals surface area contributed by atoms with Crippen LogP contribution in [0.4, 0.5) is 5.69 Å². The fourth-order valence-electron chi connectivity index (χ4n) is 2.67. The summed E-state index contributed by atoms with van der Waals surface area (Å²) in [6.07, 6.45) is 1.22. The number of hydrogen-bond acceptors (Lipinski definition) is 5. The lowest BCUT2D eigenvalue weighted by Gasteiger charge is -2.12. The van der Waals surface area contributed by atoms with E-state index in [-0.39, 0.29) is 5.56 Å². The Morgan fingerprint density at radius 3 is 2.59 bits per heavy atom. The van der Waals surface area contributed by atoms with Crippen molar-refractivity contribution in [2.24, 2.45) is 4.99 Å². The number of hydrogen-bond donors (Lipinski definition) is 2. The molecule has 0 spiro atoms. The highest BCUT2D eigenvalue weighted by Crippen LogP contribution is 2.27. The monoisotopic (exact) mass is 365 g/mol. The molecule has 0 radical (unpaired) electrons. The molecule has 27 heavy (non-hydrogen) atoms. The molecule has 0 aliphatic rings. The fraction of sp³-hybridized carbons (Fsp3) is 0.150. The number of nitrogens with zero attached hydrogens (tertiary/aromatic N) is 2. The van der Waals surface area contributed by atoms with Gasteiger partial charge in [0.1, 0.15) is 17.0 Å². The van der Waals surface area contributed by atoms with E-state index in [1.54, 1.807) is 43.3 Å². The summed E-state index contributed by atoms with van der Waals surface area (Å²) in [6.45, 7) is 4.13. The Labute approximate surface area is 155 Å². The lowest BCUT2D eigenvalue weighted by atomic mass is 10.2. The molecule has 1 aromatic heterocycles. The van der Waals surface area contributed by atoms with E-state index < -0.39 is 17.1 Å². The van der Waals surface area contributed by atoms with E-state index >= 15 is 0 Å². The van der Waals surface area contributed by atoms with Gasteiger partial charge in [0.15, 0.2) is 0 Å². The van der Waals surface area contributed by atoms with Crippen LogP contribution in [-0.4, -0.2) is 27.5 Å². The standard InChI is InChI=1S/C20H19N3O4/c1-3-27-17-11-7-5-9-15(17)21-12-14-18(24)22-20(26)23(19(14)25)16-10-6-4-8-13(16)2/h4-12,25H,3H2,1-2H3,(H,22,24,26). The van der Waals surface area contributed by atoms with Gasteiger partial charge in [-0.1, -0.05) is 30.3 Å². The van der Waals surface area contributed by atoms with Gasteiger partial charge in [-0.15, -0.1) is 0 Å². The number of aryl methyl sites for hydroxylation is 1. The average Bonchev–Trinajstić information content (AvgIpc) is 2.64. The van der Waals surface area contributed by atoms with Gasteiger partial charge in [-0.25, -0.2) is 9.36 Å². The van der Waals surface area contributed by atoms with E-state index in [1.807, 2.05) is 19.1 Å². The van der Waals surface area contributed by atoms with Gasteiger partial charge in [-0.3, -0.25) is 14.8 Å². The molecule has 0 amide bonds. The van der Waals surface area contributed by atoms with Gasteiger partial charge in [-0.2, -0.15) is 0 Å². The van der Waals surface area contributed by atoms with E-state index in [1.165, 1.54) is 6.21 Å². The molecule has 7 heteroatoms. The molecular formula is C20H19N3O4. The van der Waals surface area contributed by atoms with Crippen molar-refractivity contribution < 1.29 is 9.84 Å². The molecular weight excluding hydrogens is 346 g/mol. The third-order valence-corrected chi connectivity index (χ3v) is 3.98. The molecule has 2 aromatic carbocycles. The number of rotatable bonds is 5. The smallest absolute Gasteiger partial charge is 0.335 e. The molecule has 0 saturated carbocycles. The lowest BCUT2D eigenvalue weighted by molar-refractivity contribution is 0.341. The number of para-hydroxylation sites is 3. The number of aromatic amines is 1. The SMILES string of the molecule is CCOc1ccccc1N=Cc1c(O)n(-c2ccccc2C)c(=O)[nH]c1=O. The molecule has 1 heterocycles. The molecule has 7 nitrogen and oxygen atoms in total. The molecule has 0 aliphatic carbocycles. The second-order valence-corrected chi connectivity index (χ2v) is 5.78. The van der Waals surface area contributed by atoms with Crippen LogP contribution in [0.25, 0.3) is 5.69 Å². The minimum absolute atomic E-state index is 0.121. The zero-order valence-corrected chi connectivity index (χ0v) is 15.0. The molecule has 3 rings (SSSR count). The summed E-state index contributed by atoms with van der Waals surface area (Å²) >= 11 is 0. The average molecular weight is 365 g/mol. The first-order chi connectivity index (χ1) is 13.0. The highest BCUT2D eigenvalue weighted by atomic mass is 16.5. The third-order valence-electron chi connectivity index (χ3n) is 3.98. The Morgan fingerprint density at radius 1 is 1.15 bits per heavy atom. The molecule has 138 valence electrons. The highest BCUT2D eigenvalue weighted by Gasteiger charge is 2.15. The fourth-order valence-corrected chi connectivity index (χ4v) is 2.67. The van der Waals surface area contributed by atoms with Crippen molar-refractivity contribution in [3.63, 3.8) is 0 Å². The first kappa shape index (κ1) is 18.2. The van der Waals surface area contributed by atoms with Crippen LogP contribution in [-0.2, 0) is 0 Å². The number of ether oxygens (including phenoxy) is 1. The van der Waals surface area contributed by atoms with Gasteiger partial charge in [-0.05, 0) is 37.6 Å². The Kier molecular flexibility index (Phi) is 5.21. The summed E-state index contributed by atoms with van der Waals surface area (Å²) in [4.78, 5) is 30.9. The summed E-state index contributed by atoms with van der Waals surface area (Å²) in [6, 6.07) is 14.1. The van der Waals surface area contributed by atoms with Gasteiger partial charge in [0.25, 0.3) is 5.56 Å². The van der Waals surface area contributed by atoms with Crippen molar-refractivity contribution in [2.45, 2.75) is 13.8 Å². The van der Waals surface area contributed by atoms with E-state index in [0.717, 1.165) is 10.1 Å². The summed E-state index contributed by atoms with van der Waals surface area (Å²) in [5.74, 6) is 0.0788. The Morgan fingerprint density at radius 2 is 1.85 bits per heavy atom. The van der Waals surface area contributed by atoms with Crippen LogP contribution in [0.2, 0.25) is 0 Å². The Balaban J connectivity index is 2.13. The number of benzene rings is 2. The molecule has 0 fully saturated rings. The zero-order chi connectivity index (χ0) is 19.4. The summed E-state index contributed by atoms with van der Waals surface area (Å²) in [5.41, 5.74) is 0.182. The molecule has 0 saturated heterocycles. The third kappa shape index (κ3) is 3.67. The first-order valence-electron chi connectivity index (χ1n) is 8.43. The Bertz CT molecular complexity index is 1110. The van der Waals surface area contributed by atoms with Crippen molar-refractivity contribution in [3.05, 3.63) is 80.5 Å². The van der Waals surface area contributed by atoms with Crippen molar-refractivity contribution >= 4 is 11.9 Å². The maximum absolute atomic E-state index is 12.3. The van der Waals surface area contributed by atoms with E-state index in [4.69, 9.17) is 4.74 Å². The molecule has 3 aromatic rings. The second-order valence-electron chi connectivity index (χ2n) is 5.78. The number of aliphatic imine (C=N–C) groups is 1. The molecule has 0 unspecified atom stereocenters. The molecule has 0 bridgehead atoms. The number of aromatic hydroxyl groups is 1. The van der Waals surface area contributed by atoms with Crippen LogP contribution < -0.4 is 16.0 Å². The van der Waals surface area contributed by atoms with Crippen molar-refractivity contribution in [1.29, 1.82) is 0 Å². The Hall–Kier alpha value is -3.61. The topological polar surface area (TPSA) is 96.7 Å². The zero-order valence-electron chi connectivity index (χ0n) is 15.0. The maximum atomic E-state index is 12.3. The molecule has 0 aliphatic heterocycles. The van der Waals surface area contributed by atoms with Crippen LogP contribution in [0.1, 0.15) is 18.1 Å². The predicted octanol–water partition coefficient (Wildman–Crippen LogP) is 2.69. The number of aromatic nitrogens is 2. The van der Waals surface area contributed by atoms with Crippen molar-refractivity contribution in [2.75, 3.05) is 6.61 Å². The van der Waals surface area contributed by atoms with Gasteiger partial charge in [0, 0.05) is 6.21 Å². The summed E-state index contributed by atoms with van der Waals surface area (Å²) in [7, 11) is 0. The van der Waals surface area contributed by atoms with Gasteiger partial charge >= 0.3 is 5.69 Å². The van der Waals surface area contributed by atoms with Gasteiger partial charge < -0.3 is 9.84 Å². The van der Waals surface area contributed by atoms with Crippen LogP contribution in [0.3, 0.4) is 0 Å². The quantitative estimate of drug-likeness (QED) is 0.680. The minimum Gasteiger partial charge on any atom is -0.493 e.